The molecule has 0 unspecified atom stereocenters. The lowest BCUT2D eigenvalue weighted by molar-refractivity contribution is 0.0711. The molecule has 2 N–H and O–H groups in total. The van der Waals surface area contributed by atoms with Crippen LogP contribution in [0.25, 0.3) is 0 Å². The van der Waals surface area contributed by atoms with E-state index in [9.17, 15) is 4.79 Å². The average molecular weight is 186 g/mol. The lowest BCUT2D eigenvalue weighted by atomic mass is 10.4. The van der Waals surface area contributed by atoms with Gasteiger partial charge in [0, 0.05) is 0 Å². The number of hydrogen-bond acceptors (Lipinski definition) is 4. The summed E-state index contributed by atoms with van der Waals surface area (Å²) < 4.78 is 0. The van der Waals surface area contributed by atoms with Gasteiger partial charge in [-0.15, -0.1) is 11.3 Å². The zero-order chi connectivity index (χ0) is 8.97. The van der Waals surface area contributed by atoms with Gasteiger partial charge in [0.2, 0.25) is 0 Å². The van der Waals surface area contributed by atoms with Crippen LogP contribution < -0.4 is 5.48 Å². The van der Waals surface area contributed by atoms with E-state index in [0.717, 1.165) is 17.8 Å². The second-order valence-electron chi connectivity index (χ2n) is 2.31. The summed E-state index contributed by atoms with van der Waals surface area (Å²) in [5.74, 6) is -0.491. The Labute approximate surface area is 74.2 Å². The molecule has 1 aromatic rings. The van der Waals surface area contributed by atoms with Crippen LogP contribution in [0.4, 0.5) is 0 Å². The minimum Gasteiger partial charge on any atom is -0.288 e. The van der Waals surface area contributed by atoms with Crippen LogP contribution in [0.5, 0.6) is 0 Å². The van der Waals surface area contributed by atoms with Gasteiger partial charge in [-0.2, -0.15) is 0 Å². The van der Waals surface area contributed by atoms with E-state index in [1.807, 2.05) is 6.92 Å². The molecule has 0 fully saturated rings. The predicted octanol–water partition coefficient (Wildman–Crippen LogP) is 1.21. The summed E-state index contributed by atoms with van der Waals surface area (Å²) in [4.78, 5) is 15.3. The van der Waals surface area contributed by atoms with Gasteiger partial charge in [-0.1, -0.05) is 6.92 Å². The Balaban J connectivity index is 2.70. The molecule has 0 saturated heterocycles. The summed E-state index contributed by atoms with van der Waals surface area (Å²) in [6.07, 6.45) is 3.36. The Morgan fingerprint density at radius 3 is 3.17 bits per heavy atom. The normalized spacial score (nSPS) is 9.83. The number of nitrogens with one attached hydrogen (secondary N) is 1. The molecule has 5 heteroatoms. The maximum Gasteiger partial charge on any atom is 0.286 e. The molecular formula is C7H10N2O2S. The van der Waals surface area contributed by atoms with Gasteiger partial charge in [-0.3, -0.25) is 10.0 Å². The molecule has 1 heterocycles. The van der Waals surface area contributed by atoms with Crippen molar-refractivity contribution in [3.8, 4) is 0 Å². The third-order valence-corrected chi connectivity index (χ3v) is 2.40. The highest BCUT2D eigenvalue weighted by atomic mass is 32.1. The van der Waals surface area contributed by atoms with E-state index in [1.54, 1.807) is 5.48 Å². The Hall–Kier alpha value is -0.940. The Morgan fingerprint density at radius 1 is 1.83 bits per heavy atom. The second-order valence-corrected chi connectivity index (χ2v) is 3.42. The van der Waals surface area contributed by atoms with Crippen LogP contribution in [0, 0.1) is 0 Å². The highest BCUT2D eigenvalue weighted by molar-refractivity contribution is 7.13. The van der Waals surface area contributed by atoms with Crippen LogP contribution in [0.1, 0.15) is 28.0 Å². The molecule has 0 atom stereocenters. The van der Waals surface area contributed by atoms with Crippen LogP contribution in [-0.4, -0.2) is 16.1 Å². The first kappa shape index (κ1) is 9.15. The van der Waals surface area contributed by atoms with Gasteiger partial charge in [-0.05, 0) is 12.8 Å². The van der Waals surface area contributed by atoms with Crippen molar-refractivity contribution in [3.63, 3.8) is 0 Å². The highest BCUT2D eigenvalue weighted by Gasteiger charge is 2.08. The summed E-state index contributed by atoms with van der Waals surface area (Å²) >= 11 is 1.31. The number of hydrogen-bond donors (Lipinski definition) is 2. The molecule has 1 rings (SSSR count). The molecule has 0 aromatic carbocycles. The van der Waals surface area contributed by atoms with E-state index in [0.29, 0.717) is 4.88 Å². The Morgan fingerprint density at radius 2 is 2.58 bits per heavy atom. The van der Waals surface area contributed by atoms with Crippen molar-refractivity contribution in [3.05, 3.63) is 16.1 Å². The smallest absolute Gasteiger partial charge is 0.286 e. The summed E-state index contributed by atoms with van der Waals surface area (Å²) in [6, 6.07) is 0. The van der Waals surface area contributed by atoms with Gasteiger partial charge < -0.3 is 0 Å². The van der Waals surface area contributed by atoms with Gasteiger partial charge >= 0.3 is 0 Å². The first-order valence-corrected chi connectivity index (χ1v) is 4.48. The molecule has 0 bridgehead atoms. The van der Waals surface area contributed by atoms with Crippen LogP contribution in [0.15, 0.2) is 6.20 Å². The zero-order valence-corrected chi connectivity index (χ0v) is 7.52. The van der Waals surface area contributed by atoms with Crippen LogP contribution in [0.3, 0.4) is 0 Å². The number of carbonyl (C=O) groups is 1. The van der Waals surface area contributed by atoms with Crippen molar-refractivity contribution in [1.29, 1.82) is 0 Å². The number of nitrogens with zero attached hydrogens (tertiary/aromatic N) is 1. The maximum absolute atomic E-state index is 10.8. The van der Waals surface area contributed by atoms with Gasteiger partial charge in [0.25, 0.3) is 5.91 Å². The topological polar surface area (TPSA) is 62.2 Å². The van der Waals surface area contributed by atoms with Gasteiger partial charge in [0.05, 0.1) is 11.2 Å². The number of hydroxylamine groups is 1. The molecule has 0 aliphatic carbocycles. The van der Waals surface area contributed by atoms with E-state index in [1.165, 1.54) is 17.5 Å². The number of carbonyl (C=O) groups excluding carboxylic acids is 1. The SMILES string of the molecule is CCCc1ncc(C(=O)NO)s1. The average Bonchev–Trinajstić information content (AvgIpc) is 2.52. The van der Waals surface area contributed by atoms with Crippen molar-refractivity contribution >= 4 is 17.2 Å². The quantitative estimate of drug-likeness (QED) is 0.551. The minimum atomic E-state index is -0.491. The molecule has 1 aromatic heterocycles. The lowest BCUT2D eigenvalue weighted by Gasteiger charge is -1.90. The van der Waals surface area contributed by atoms with Crippen molar-refractivity contribution < 1.29 is 10.0 Å². The number of amides is 1. The molecule has 12 heavy (non-hydrogen) atoms. The van der Waals surface area contributed by atoms with Crippen LogP contribution in [-0.2, 0) is 6.42 Å². The fourth-order valence-corrected chi connectivity index (χ4v) is 1.71. The minimum absolute atomic E-state index is 0.445. The van der Waals surface area contributed by atoms with E-state index in [2.05, 4.69) is 4.98 Å². The molecule has 66 valence electrons. The van der Waals surface area contributed by atoms with E-state index >= 15 is 0 Å². The van der Waals surface area contributed by atoms with Crippen LogP contribution in [0.2, 0.25) is 0 Å². The molecular weight excluding hydrogens is 176 g/mol. The molecule has 0 spiro atoms. The first-order valence-electron chi connectivity index (χ1n) is 3.67. The molecule has 0 aliphatic rings. The van der Waals surface area contributed by atoms with E-state index in [-0.39, 0.29) is 0 Å². The van der Waals surface area contributed by atoms with Crippen molar-refractivity contribution in [2.75, 3.05) is 0 Å². The summed E-state index contributed by atoms with van der Waals surface area (Å²) in [5, 5.41) is 9.23. The second kappa shape index (κ2) is 4.18. The Bertz CT molecular complexity index is 272. The first-order chi connectivity index (χ1) is 5.77. The predicted molar refractivity (Wildman–Crippen MR) is 45.4 cm³/mol. The summed E-state index contributed by atoms with van der Waals surface area (Å²) in [6.45, 7) is 2.05. The van der Waals surface area contributed by atoms with E-state index in [4.69, 9.17) is 5.21 Å². The van der Waals surface area contributed by atoms with Crippen LogP contribution >= 0.6 is 11.3 Å². The number of aromatic nitrogens is 1. The number of aryl methyl sites for hydroxylation is 1. The fraction of sp³-hybridized carbons (Fsp3) is 0.429. The van der Waals surface area contributed by atoms with Gasteiger partial charge in [0.1, 0.15) is 4.88 Å². The van der Waals surface area contributed by atoms with E-state index < -0.39 is 5.91 Å². The molecule has 4 nitrogen and oxygen atoms in total. The largest absolute Gasteiger partial charge is 0.288 e. The summed E-state index contributed by atoms with van der Waals surface area (Å²) in [7, 11) is 0. The maximum atomic E-state index is 10.8. The van der Waals surface area contributed by atoms with Gasteiger partial charge in [0.15, 0.2) is 0 Å². The third-order valence-electron chi connectivity index (χ3n) is 1.34. The fourth-order valence-electron chi connectivity index (χ4n) is 0.800. The van der Waals surface area contributed by atoms with Crippen molar-refractivity contribution in [2.24, 2.45) is 0 Å². The third kappa shape index (κ3) is 2.02. The summed E-state index contributed by atoms with van der Waals surface area (Å²) in [5.41, 5.74) is 1.57. The highest BCUT2D eigenvalue weighted by Crippen LogP contribution is 2.13. The van der Waals surface area contributed by atoms with Gasteiger partial charge in [-0.25, -0.2) is 10.5 Å². The zero-order valence-electron chi connectivity index (χ0n) is 6.70. The van der Waals surface area contributed by atoms with Crippen molar-refractivity contribution in [2.45, 2.75) is 19.8 Å². The standard InChI is InChI=1S/C7H10N2O2S/c1-2-3-6-8-4-5(12-6)7(10)9-11/h4,11H,2-3H2,1H3,(H,9,10). The molecule has 0 radical (unpaired) electrons. The monoisotopic (exact) mass is 186 g/mol. The molecule has 1 amide bonds. The number of thiazole rings is 1. The molecule has 0 saturated carbocycles. The number of rotatable bonds is 3. The van der Waals surface area contributed by atoms with Crippen molar-refractivity contribution in [1.82, 2.24) is 10.5 Å². The Kier molecular flexibility index (Phi) is 3.19. The lowest BCUT2D eigenvalue weighted by Crippen LogP contribution is -2.16. The molecule has 0 aliphatic heterocycles.